The van der Waals surface area contributed by atoms with Crippen molar-refractivity contribution in [1.82, 2.24) is 0 Å². The molecule has 8 aromatic carbocycles. The monoisotopic (exact) mass is 743 g/mol. The zero-order chi connectivity index (χ0) is 38.2. The smallest absolute Gasteiger partial charge is 0.145 e. The molecule has 0 radical (unpaired) electrons. The van der Waals surface area contributed by atoms with E-state index in [0.717, 1.165) is 74.5 Å². The number of benzene rings is 8. The summed E-state index contributed by atoms with van der Waals surface area (Å²) in [6.45, 7) is 0. The Morgan fingerprint density at radius 3 is 2.02 bits per heavy atom. The summed E-state index contributed by atoms with van der Waals surface area (Å²) in [6.07, 6.45) is 6.69. The van der Waals surface area contributed by atoms with Crippen LogP contribution in [-0.4, -0.2) is 0 Å². The maximum Gasteiger partial charge on any atom is 0.145 e. The van der Waals surface area contributed by atoms with Crippen molar-refractivity contribution in [3.05, 3.63) is 228 Å². The van der Waals surface area contributed by atoms with Crippen LogP contribution in [0.5, 0.6) is 11.5 Å². The van der Waals surface area contributed by atoms with Crippen LogP contribution in [0.25, 0.3) is 49.8 Å². The Morgan fingerprint density at radius 1 is 0.500 bits per heavy atom. The van der Waals surface area contributed by atoms with Crippen LogP contribution in [-0.2, 0) is 5.41 Å². The first-order chi connectivity index (χ1) is 28.8. The van der Waals surface area contributed by atoms with Gasteiger partial charge < -0.3 is 14.1 Å². The molecule has 1 aliphatic heterocycles. The molecular formula is C55H37NO2. The van der Waals surface area contributed by atoms with E-state index in [4.69, 9.17) is 9.15 Å². The highest BCUT2D eigenvalue weighted by Crippen LogP contribution is 2.63. The minimum Gasteiger partial charge on any atom is -0.457 e. The lowest BCUT2D eigenvalue weighted by molar-refractivity contribution is 0.432. The second-order valence-corrected chi connectivity index (χ2v) is 15.5. The highest BCUT2D eigenvalue weighted by molar-refractivity contribution is 6.17. The standard InChI is InChI=1S/C55H37NO2/c1-3-15-36(16-4-1)37-27-29-39(30-28-37)56(49-34-32-41(38-17-5-2-6-18-38)54-53(49)44-21-9-13-25-50(44)58-54)40-31-33-48-52(35-40)57-51-26-14-12-24-47(51)55(48)45-22-10-7-19-42(45)43-20-8-11-23-46(43)55/h1-10,12-22,24-35H,11,23H2. The third kappa shape index (κ3) is 4.74. The van der Waals surface area contributed by atoms with Gasteiger partial charge in [0.1, 0.15) is 22.7 Å². The van der Waals surface area contributed by atoms with Gasteiger partial charge in [-0.2, -0.15) is 0 Å². The summed E-state index contributed by atoms with van der Waals surface area (Å²) in [7, 11) is 0. The van der Waals surface area contributed by atoms with E-state index in [9.17, 15) is 0 Å². The number of para-hydroxylation sites is 2. The van der Waals surface area contributed by atoms with Crippen LogP contribution >= 0.6 is 0 Å². The number of fused-ring (bicyclic) bond motifs is 11. The van der Waals surface area contributed by atoms with E-state index >= 15 is 0 Å². The summed E-state index contributed by atoms with van der Waals surface area (Å²) in [5.41, 5.74) is 16.7. The summed E-state index contributed by atoms with van der Waals surface area (Å²) in [6, 6.07) is 67.4. The molecule has 12 rings (SSSR count). The SMILES string of the molecule is C1=CC2=C(CC1)C1(c3ccccc3Oc3cc(N(c4ccc(-c5ccccc5)cc4)c4ccc(-c5ccccc5)c5oc6ccccc6c45)ccc31)c1ccccc12. The van der Waals surface area contributed by atoms with Crippen LogP contribution in [0.3, 0.4) is 0 Å². The lowest BCUT2D eigenvalue weighted by Gasteiger charge is -2.41. The molecule has 0 fully saturated rings. The van der Waals surface area contributed by atoms with Crippen LogP contribution in [0, 0.1) is 0 Å². The minimum absolute atomic E-state index is 0.451. The predicted octanol–water partition coefficient (Wildman–Crippen LogP) is 14.9. The van der Waals surface area contributed by atoms with Crippen LogP contribution in [0.1, 0.15) is 35.1 Å². The van der Waals surface area contributed by atoms with Gasteiger partial charge >= 0.3 is 0 Å². The Bertz CT molecular complexity index is 3140. The summed E-state index contributed by atoms with van der Waals surface area (Å²) in [5.74, 6) is 1.77. The second kappa shape index (κ2) is 12.8. The summed E-state index contributed by atoms with van der Waals surface area (Å²) in [5, 5.41) is 2.14. The lowest BCUT2D eigenvalue weighted by atomic mass is 9.64. The topological polar surface area (TPSA) is 25.6 Å². The van der Waals surface area contributed by atoms with E-state index in [0.29, 0.717) is 0 Å². The fourth-order valence-electron chi connectivity index (χ4n) is 10.0. The predicted molar refractivity (Wildman–Crippen MR) is 237 cm³/mol. The first-order valence-corrected chi connectivity index (χ1v) is 20.1. The molecule has 58 heavy (non-hydrogen) atoms. The number of rotatable bonds is 5. The van der Waals surface area contributed by atoms with Gasteiger partial charge in [-0.25, -0.2) is 0 Å². The number of furan rings is 1. The largest absolute Gasteiger partial charge is 0.457 e. The van der Waals surface area contributed by atoms with Gasteiger partial charge in [-0.05, 0) is 94.3 Å². The first-order valence-electron chi connectivity index (χ1n) is 20.1. The molecule has 0 N–H and O–H groups in total. The molecule has 0 saturated heterocycles. The molecule has 274 valence electrons. The number of allylic oxidation sites excluding steroid dienone is 4. The van der Waals surface area contributed by atoms with E-state index in [1.807, 2.05) is 6.07 Å². The zero-order valence-corrected chi connectivity index (χ0v) is 31.7. The normalized spacial score (nSPS) is 16.2. The van der Waals surface area contributed by atoms with Crippen molar-refractivity contribution in [3.63, 3.8) is 0 Å². The molecule has 1 atom stereocenters. The molecule has 0 amide bonds. The van der Waals surface area contributed by atoms with E-state index < -0.39 is 5.41 Å². The van der Waals surface area contributed by atoms with Gasteiger partial charge in [0.15, 0.2) is 0 Å². The molecule has 1 spiro atoms. The lowest BCUT2D eigenvalue weighted by Crippen LogP contribution is -2.33. The van der Waals surface area contributed by atoms with Gasteiger partial charge in [-0.3, -0.25) is 0 Å². The van der Waals surface area contributed by atoms with Gasteiger partial charge in [0.25, 0.3) is 0 Å². The zero-order valence-electron chi connectivity index (χ0n) is 31.7. The number of anilines is 3. The van der Waals surface area contributed by atoms with Crippen molar-refractivity contribution >= 4 is 44.6 Å². The third-order valence-electron chi connectivity index (χ3n) is 12.4. The summed E-state index contributed by atoms with van der Waals surface area (Å²) >= 11 is 0. The van der Waals surface area contributed by atoms with Gasteiger partial charge in [-0.1, -0.05) is 152 Å². The van der Waals surface area contributed by atoms with Crippen LogP contribution < -0.4 is 9.64 Å². The van der Waals surface area contributed by atoms with Crippen LogP contribution in [0.4, 0.5) is 17.1 Å². The fraction of sp³-hybridized carbons (Fsp3) is 0.0545. The quantitative estimate of drug-likeness (QED) is 0.176. The third-order valence-corrected chi connectivity index (χ3v) is 12.4. The second-order valence-electron chi connectivity index (χ2n) is 15.5. The van der Waals surface area contributed by atoms with Gasteiger partial charge in [-0.15, -0.1) is 0 Å². The Balaban J connectivity index is 1.11. The van der Waals surface area contributed by atoms with Gasteiger partial charge in [0.05, 0.1) is 16.5 Å². The summed E-state index contributed by atoms with van der Waals surface area (Å²) < 4.78 is 13.8. The Hall–Kier alpha value is -7.36. The number of ether oxygens (including phenoxy) is 1. The Labute approximate surface area is 337 Å². The van der Waals surface area contributed by atoms with Crippen molar-refractivity contribution in [2.24, 2.45) is 0 Å². The van der Waals surface area contributed by atoms with Crippen molar-refractivity contribution in [2.75, 3.05) is 4.90 Å². The van der Waals surface area contributed by atoms with Gasteiger partial charge in [0.2, 0.25) is 0 Å². The Morgan fingerprint density at radius 2 is 1.17 bits per heavy atom. The van der Waals surface area contributed by atoms with Crippen molar-refractivity contribution in [1.29, 1.82) is 0 Å². The molecular weight excluding hydrogens is 707 g/mol. The van der Waals surface area contributed by atoms with Crippen LogP contribution in [0.2, 0.25) is 0 Å². The molecule has 1 unspecified atom stereocenters. The summed E-state index contributed by atoms with van der Waals surface area (Å²) in [4.78, 5) is 2.38. The first kappa shape index (κ1) is 32.8. The van der Waals surface area contributed by atoms with E-state index in [2.05, 4.69) is 199 Å². The molecule has 2 aliphatic carbocycles. The molecule has 0 bridgehead atoms. The van der Waals surface area contributed by atoms with Crippen molar-refractivity contribution in [2.45, 2.75) is 18.3 Å². The molecule has 3 nitrogen and oxygen atoms in total. The van der Waals surface area contributed by atoms with Crippen molar-refractivity contribution in [3.8, 4) is 33.8 Å². The average molecular weight is 744 g/mol. The van der Waals surface area contributed by atoms with Gasteiger partial charge in [0, 0.05) is 39.5 Å². The molecule has 1 aromatic heterocycles. The number of hydrogen-bond donors (Lipinski definition) is 0. The number of hydrogen-bond acceptors (Lipinski definition) is 3. The fourth-order valence-corrected chi connectivity index (χ4v) is 10.0. The highest BCUT2D eigenvalue weighted by atomic mass is 16.5. The molecule has 0 saturated carbocycles. The molecule has 9 aromatic rings. The Kier molecular flexibility index (Phi) is 7.27. The van der Waals surface area contributed by atoms with E-state index in [1.165, 1.54) is 44.5 Å². The molecule has 3 aliphatic rings. The van der Waals surface area contributed by atoms with Crippen molar-refractivity contribution < 1.29 is 9.15 Å². The average Bonchev–Trinajstić information content (AvgIpc) is 3.82. The molecule has 2 heterocycles. The van der Waals surface area contributed by atoms with E-state index in [-0.39, 0.29) is 0 Å². The number of nitrogens with zero attached hydrogens (tertiary/aromatic N) is 1. The minimum atomic E-state index is -0.451. The van der Waals surface area contributed by atoms with E-state index in [1.54, 1.807) is 0 Å². The maximum absolute atomic E-state index is 7.03. The highest BCUT2D eigenvalue weighted by Gasteiger charge is 2.52. The molecule has 3 heteroatoms. The van der Waals surface area contributed by atoms with Crippen LogP contribution in [0.15, 0.2) is 210 Å². The maximum atomic E-state index is 7.03.